The highest BCUT2D eigenvalue weighted by atomic mass is 79.9. The lowest BCUT2D eigenvalue weighted by molar-refractivity contribution is 0.0998. The van der Waals surface area contributed by atoms with Crippen molar-refractivity contribution in [1.29, 1.82) is 0 Å². The molecule has 78 valence electrons. The van der Waals surface area contributed by atoms with Crippen molar-refractivity contribution in [3.8, 4) is 0 Å². The highest BCUT2D eigenvalue weighted by molar-refractivity contribution is 8.93. The van der Waals surface area contributed by atoms with Gasteiger partial charge in [-0.05, 0) is 17.0 Å². The molecule has 0 aliphatic heterocycles. The van der Waals surface area contributed by atoms with Crippen LogP contribution in [0.5, 0.6) is 0 Å². The molecule has 1 rings (SSSR count). The van der Waals surface area contributed by atoms with Crippen LogP contribution in [0.1, 0.15) is 36.7 Å². The summed E-state index contributed by atoms with van der Waals surface area (Å²) in [6.07, 6.45) is 0. The Morgan fingerprint density at radius 2 is 1.71 bits per heavy atom. The summed E-state index contributed by atoms with van der Waals surface area (Å²) >= 11 is 0. The van der Waals surface area contributed by atoms with Crippen molar-refractivity contribution in [2.24, 2.45) is 5.73 Å². The molecule has 0 aliphatic rings. The molecule has 1 amide bonds. The van der Waals surface area contributed by atoms with E-state index in [2.05, 4.69) is 20.8 Å². The number of hydrogen-bond donors (Lipinski definition) is 1. The Balaban J connectivity index is 0.00000169. The monoisotopic (exact) mass is 257 g/mol. The van der Waals surface area contributed by atoms with Crippen LogP contribution in [-0.4, -0.2) is 5.91 Å². The maximum atomic E-state index is 11.1. The summed E-state index contributed by atoms with van der Waals surface area (Å²) < 4.78 is 0. The fraction of sp³-hybridized carbons (Fsp3) is 0.364. The van der Waals surface area contributed by atoms with E-state index >= 15 is 0 Å². The molecule has 0 saturated carbocycles. The minimum Gasteiger partial charge on any atom is -0.366 e. The van der Waals surface area contributed by atoms with E-state index in [0.29, 0.717) is 5.56 Å². The molecule has 0 aliphatic carbocycles. The van der Waals surface area contributed by atoms with Gasteiger partial charge in [-0.25, -0.2) is 0 Å². The van der Waals surface area contributed by atoms with E-state index in [4.69, 9.17) is 5.73 Å². The topological polar surface area (TPSA) is 43.1 Å². The quantitative estimate of drug-likeness (QED) is 0.826. The number of hydrogen-bond acceptors (Lipinski definition) is 1. The summed E-state index contributed by atoms with van der Waals surface area (Å²) in [7, 11) is 0. The molecule has 2 nitrogen and oxygen atoms in total. The van der Waals surface area contributed by atoms with Crippen molar-refractivity contribution in [3.63, 3.8) is 0 Å². The number of carbonyl (C=O) groups is 1. The lowest BCUT2D eigenvalue weighted by Gasteiger charge is -2.21. The Bertz CT molecular complexity index is 328. The van der Waals surface area contributed by atoms with Gasteiger partial charge < -0.3 is 5.73 Å². The van der Waals surface area contributed by atoms with E-state index in [0.717, 1.165) is 5.56 Å². The Morgan fingerprint density at radius 1 is 1.21 bits per heavy atom. The third-order valence-electron chi connectivity index (χ3n) is 2.00. The molecule has 1 aromatic rings. The summed E-state index contributed by atoms with van der Waals surface area (Å²) in [6, 6.07) is 7.46. The van der Waals surface area contributed by atoms with Gasteiger partial charge >= 0.3 is 0 Å². The first-order chi connectivity index (χ1) is 5.93. The lowest BCUT2D eigenvalue weighted by atomic mass is 9.83. The molecule has 0 bridgehead atoms. The number of primary amides is 1. The van der Waals surface area contributed by atoms with E-state index in [-0.39, 0.29) is 28.3 Å². The summed E-state index contributed by atoms with van der Waals surface area (Å²) in [4.78, 5) is 11.1. The number of nitrogens with two attached hydrogens (primary N) is 1. The van der Waals surface area contributed by atoms with Crippen LogP contribution in [0.3, 0.4) is 0 Å². The van der Waals surface area contributed by atoms with E-state index in [9.17, 15) is 4.79 Å². The van der Waals surface area contributed by atoms with Crippen molar-refractivity contribution in [2.75, 3.05) is 0 Å². The molecule has 3 heteroatoms. The van der Waals surface area contributed by atoms with Gasteiger partial charge in [0.15, 0.2) is 0 Å². The predicted octanol–water partition coefficient (Wildman–Crippen LogP) is 2.66. The fourth-order valence-electron chi connectivity index (χ4n) is 1.35. The highest BCUT2D eigenvalue weighted by Crippen LogP contribution is 2.25. The Hall–Kier alpha value is -0.830. The zero-order valence-corrected chi connectivity index (χ0v) is 10.4. The summed E-state index contributed by atoms with van der Waals surface area (Å²) in [5, 5.41) is 0. The molecule has 0 spiro atoms. The lowest BCUT2D eigenvalue weighted by Crippen LogP contribution is -2.20. The number of halogens is 1. The molecule has 0 saturated heterocycles. The Kier molecular flexibility index (Phi) is 4.33. The first kappa shape index (κ1) is 13.2. The zero-order valence-electron chi connectivity index (χ0n) is 8.70. The van der Waals surface area contributed by atoms with Crippen molar-refractivity contribution in [3.05, 3.63) is 35.4 Å². The molecule has 0 atom stereocenters. The van der Waals surface area contributed by atoms with Gasteiger partial charge in [0, 0.05) is 5.56 Å². The minimum atomic E-state index is -0.356. The average Bonchev–Trinajstić information content (AvgIpc) is 2.03. The second-order valence-electron chi connectivity index (χ2n) is 4.16. The number of rotatable bonds is 1. The maximum Gasteiger partial charge on any atom is 0.248 e. The average molecular weight is 258 g/mol. The first-order valence-electron chi connectivity index (χ1n) is 4.32. The summed E-state index contributed by atoms with van der Waals surface area (Å²) in [5.41, 5.74) is 6.86. The van der Waals surface area contributed by atoms with Crippen LogP contribution in [-0.2, 0) is 5.41 Å². The predicted molar refractivity (Wildman–Crippen MR) is 64.0 cm³/mol. The molecule has 2 N–H and O–H groups in total. The third kappa shape index (κ3) is 2.84. The summed E-state index contributed by atoms with van der Waals surface area (Å²) in [6.45, 7) is 6.19. The molecular formula is C11H16BrNO. The first-order valence-corrected chi connectivity index (χ1v) is 4.32. The van der Waals surface area contributed by atoms with Crippen LogP contribution >= 0.6 is 17.0 Å². The van der Waals surface area contributed by atoms with Crippen molar-refractivity contribution in [2.45, 2.75) is 26.2 Å². The van der Waals surface area contributed by atoms with Gasteiger partial charge in [-0.3, -0.25) is 4.79 Å². The Labute approximate surface area is 95.3 Å². The van der Waals surface area contributed by atoms with Crippen molar-refractivity contribution in [1.82, 2.24) is 0 Å². The van der Waals surface area contributed by atoms with Crippen molar-refractivity contribution >= 4 is 22.9 Å². The van der Waals surface area contributed by atoms with E-state index < -0.39 is 0 Å². The zero-order chi connectivity index (χ0) is 10.1. The van der Waals surface area contributed by atoms with Gasteiger partial charge in [0.05, 0.1) is 0 Å². The van der Waals surface area contributed by atoms with Crippen LogP contribution in [0.4, 0.5) is 0 Å². The molecule has 0 radical (unpaired) electrons. The summed E-state index contributed by atoms with van der Waals surface area (Å²) in [5.74, 6) is -0.356. The normalized spacial score (nSPS) is 10.5. The van der Waals surface area contributed by atoms with Gasteiger partial charge in [-0.1, -0.05) is 39.0 Å². The van der Waals surface area contributed by atoms with Gasteiger partial charge in [-0.2, -0.15) is 0 Å². The van der Waals surface area contributed by atoms with Crippen LogP contribution < -0.4 is 5.73 Å². The van der Waals surface area contributed by atoms with Crippen LogP contribution in [0.2, 0.25) is 0 Å². The van der Waals surface area contributed by atoms with E-state index in [1.165, 1.54) is 0 Å². The van der Waals surface area contributed by atoms with Crippen LogP contribution in [0.15, 0.2) is 24.3 Å². The second-order valence-corrected chi connectivity index (χ2v) is 4.16. The molecule has 1 aromatic carbocycles. The molecule has 0 aromatic heterocycles. The molecule has 0 unspecified atom stereocenters. The van der Waals surface area contributed by atoms with Gasteiger partial charge in [0.1, 0.15) is 0 Å². The number of amides is 1. The van der Waals surface area contributed by atoms with E-state index in [1.807, 2.05) is 18.2 Å². The number of carbonyl (C=O) groups excluding carboxylic acids is 1. The van der Waals surface area contributed by atoms with Crippen LogP contribution in [0, 0.1) is 0 Å². The third-order valence-corrected chi connectivity index (χ3v) is 2.00. The van der Waals surface area contributed by atoms with Gasteiger partial charge in [0.25, 0.3) is 0 Å². The second kappa shape index (κ2) is 4.60. The molecular weight excluding hydrogens is 242 g/mol. The number of benzene rings is 1. The molecule has 14 heavy (non-hydrogen) atoms. The van der Waals surface area contributed by atoms with Crippen LogP contribution in [0.25, 0.3) is 0 Å². The maximum absolute atomic E-state index is 11.1. The minimum absolute atomic E-state index is 0. The van der Waals surface area contributed by atoms with Gasteiger partial charge in [0.2, 0.25) is 5.91 Å². The smallest absolute Gasteiger partial charge is 0.248 e. The van der Waals surface area contributed by atoms with E-state index in [1.54, 1.807) is 6.07 Å². The van der Waals surface area contributed by atoms with Gasteiger partial charge in [-0.15, -0.1) is 17.0 Å². The molecule has 0 fully saturated rings. The SMILES string of the molecule is Br.CC(C)(C)c1ccccc1C(N)=O. The fourth-order valence-corrected chi connectivity index (χ4v) is 1.35. The standard InChI is InChI=1S/C11H15NO.BrH/c1-11(2,3)9-7-5-4-6-8(9)10(12)13;/h4-7H,1-3H3,(H2,12,13);1H. The Morgan fingerprint density at radius 3 is 2.07 bits per heavy atom. The largest absolute Gasteiger partial charge is 0.366 e. The highest BCUT2D eigenvalue weighted by Gasteiger charge is 2.19. The molecule has 0 heterocycles. The van der Waals surface area contributed by atoms with Crippen molar-refractivity contribution < 1.29 is 4.79 Å².